The number of hydrogen-bond donors (Lipinski definition) is 0. The molecule has 0 aliphatic heterocycles. The van der Waals surface area contributed by atoms with Crippen LogP contribution in [0.4, 0.5) is 14.5 Å². The summed E-state index contributed by atoms with van der Waals surface area (Å²) in [5.41, 5.74) is -1.04. The molecule has 0 heterocycles. The zero-order chi connectivity index (χ0) is 13.9. The van der Waals surface area contributed by atoms with Crippen LogP contribution in [0.3, 0.4) is 0 Å². The van der Waals surface area contributed by atoms with Crippen LogP contribution in [0.1, 0.15) is 10.4 Å². The summed E-state index contributed by atoms with van der Waals surface area (Å²) in [6.07, 6.45) is 0. The summed E-state index contributed by atoms with van der Waals surface area (Å²) in [5, 5.41) is 10.0. The quantitative estimate of drug-likeness (QED) is 0.481. The summed E-state index contributed by atoms with van der Waals surface area (Å²) in [6.45, 7) is -3.23. The van der Waals surface area contributed by atoms with Crippen LogP contribution in [0.2, 0.25) is 5.02 Å². The minimum absolute atomic E-state index is 0.316. The molecule has 18 heavy (non-hydrogen) atoms. The molecule has 0 aromatic heterocycles. The summed E-state index contributed by atoms with van der Waals surface area (Å²) in [7, 11) is 1.04. The van der Waals surface area contributed by atoms with Crippen molar-refractivity contribution in [3.05, 3.63) is 32.8 Å². The molecule has 1 aromatic rings. The first kappa shape index (κ1) is 14.1. The molecular formula is C9H6ClF2NO5. The van der Waals surface area contributed by atoms with Crippen LogP contribution in [0.5, 0.6) is 5.75 Å². The topological polar surface area (TPSA) is 78.7 Å². The van der Waals surface area contributed by atoms with Crippen LogP contribution in [0.25, 0.3) is 0 Å². The van der Waals surface area contributed by atoms with Crippen LogP contribution >= 0.6 is 11.6 Å². The molecule has 0 spiro atoms. The molecule has 0 fully saturated rings. The van der Waals surface area contributed by atoms with Gasteiger partial charge in [-0.25, -0.2) is 4.79 Å². The van der Waals surface area contributed by atoms with E-state index in [9.17, 15) is 23.7 Å². The third-order valence-electron chi connectivity index (χ3n) is 1.85. The molecule has 9 heteroatoms. The highest BCUT2D eigenvalue weighted by atomic mass is 35.5. The standard InChI is InChI=1S/C9H6ClF2NO5/c1-17-8(14)4-2-5(13(15)16)7(10)6(3-4)18-9(11)12/h2-3,9H,1H3. The van der Waals surface area contributed by atoms with E-state index in [-0.39, 0.29) is 5.56 Å². The number of benzene rings is 1. The van der Waals surface area contributed by atoms with E-state index in [0.717, 1.165) is 19.2 Å². The highest BCUT2D eigenvalue weighted by Gasteiger charge is 2.23. The summed E-state index contributed by atoms with van der Waals surface area (Å²) < 4.78 is 32.5. The highest BCUT2D eigenvalue weighted by Crippen LogP contribution is 2.36. The molecule has 0 amide bonds. The lowest BCUT2D eigenvalue weighted by Crippen LogP contribution is -2.07. The molecule has 0 atom stereocenters. The second-order valence-corrected chi connectivity index (χ2v) is 3.31. The first-order valence-corrected chi connectivity index (χ1v) is 4.75. The van der Waals surface area contributed by atoms with Crippen molar-refractivity contribution in [3.63, 3.8) is 0 Å². The first-order valence-electron chi connectivity index (χ1n) is 4.38. The number of nitro benzene ring substituents is 1. The fraction of sp³-hybridized carbons (Fsp3) is 0.222. The minimum Gasteiger partial charge on any atom is -0.465 e. The molecule has 0 bridgehead atoms. The average Bonchev–Trinajstić information content (AvgIpc) is 2.29. The Hall–Kier alpha value is -1.96. The highest BCUT2D eigenvalue weighted by molar-refractivity contribution is 6.34. The predicted molar refractivity (Wildman–Crippen MR) is 56.1 cm³/mol. The number of halogens is 3. The zero-order valence-corrected chi connectivity index (χ0v) is 9.61. The van der Waals surface area contributed by atoms with E-state index in [2.05, 4.69) is 9.47 Å². The summed E-state index contributed by atoms with van der Waals surface area (Å²) >= 11 is 5.52. The van der Waals surface area contributed by atoms with Crippen LogP contribution in [-0.2, 0) is 4.74 Å². The van der Waals surface area contributed by atoms with E-state index in [1.807, 2.05) is 0 Å². The van der Waals surface area contributed by atoms with E-state index in [1.165, 1.54) is 0 Å². The van der Waals surface area contributed by atoms with Gasteiger partial charge in [-0.05, 0) is 6.07 Å². The van der Waals surface area contributed by atoms with Gasteiger partial charge in [-0.3, -0.25) is 10.1 Å². The van der Waals surface area contributed by atoms with Gasteiger partial charge in [0.2, 0.25) is 0 Å². The van der Waals surface area contributed by atoms with Gasteiger partial charge in [0.25, 0.3) is 5.69 Å². The summed E-state index contributed by atoms with van der Waals surface area (Å²) in [4.78, 5) is 20.9. The number of alkyl halides is 2. The lowest BCUT2D eigenvalue weighted by molar-refractivity contribution is -0.384. The molecule has 0 saturated heterocycles. The largest absolute Gasteiger partial charge is 0.465 e. The third-order valence-corrected chi connectivity index (χ3v) is 2.23. The Labute approximate surface area is 104 Å². The van der Waals surface area contributed by atoms with E-state index < -0.39 is 34.0 Å². The van der Waals surface area contributed by atoms with Crippen LogP contribution in [0, 0.1) is 10.1 Å². The summed E-state index contributed by atoms with van der Waals surface area (Å²) in [5.74, 6) is -1.60. The van der Waals surface area contributed by atoms with Crippen molar-refractivity contribution in [2.45, 2.75) is 6.61 Å². The number of ether oxygens (including phenoxy) is 2. The van der Waals surface area contributed by atoms with Gasteiger partial charge in [0.1, 0.15) is 0 Å². The summed E-state index contributed by atoms with van der Waals surface area (Å²) in [6, 6.07) is 1.65. The van der Waals surface area contributed by atoms with Gasteiger partial charge in [0, 0.05) is 6.07 Å². The van der Waals surface area contributed by atoms with Crippen molar-refractivity contribution in [3.8, 4) is 5.75 Å². The van der Waals surface area contributed by atoms with E-state index in [1.54, 1.807) is 0 Å². The van der Waals surface area contributed by atoms with Gasteiger partial charge in [-0.1, -0.05) is 11.6 Å². The molecule has 0 radical (unpaired) electrons. The number of carbonyl (C=O) groups is 1. The fourth-order valence-corrected chi connectivity index (χ4v) is 1.36. The van der Waals surface area contributed by atoms with Gasteiger partial charge < -0.3 is 9.47 Å². The van der Waals surface area contributed by atoms with Gasteiger partial charge in [-0.15, -0.1) is 0 Å². The van der Waals surface area contributed by atoms with Crippen LogP contribution in [-0.4, -0.2) is 24.6 Å². The Kier molecular flexibility index (Phi) is 4.38. The monoisotopic (exact) mass is 281 g/mol. The Balaban J connectivity index is 3.36. The maximum absolute atomic E-state index is 12.1. The molecule has 0 saturated carbocycles. The third kappa shape index (κ3) is 3.04. The fourth-order valence-electron chi connectivity index (χ4n) is 1.13. The number of rotatable bonds is 4. The maximum Gasteiger partial charge on any atom is 0.387 e. The Morgan fingerprint density at radius 2 is 2.11 bits per heavy atom. The predicted octanol–water partition coefficient (Wildman–Crippen LogP) is 2.64. The van der Waals surface area contributed by atoms with E-state index in [4.69, 9.17) is 11.6 Å². The molecule has 1 aromatic carbocycles. The SMILES string of the molecule is COC(=O)c1cc(OC(F)F)c(Cl)c([N+](=O)[O-])c1. The van der Waals surface area contributed by atoms with Crippen LogP contribution < -0.4 is 4.74 Å². The Morgan fingerprint density at radius 1 is 1.50 bits per heavy atom. The van der Waals surface area contributed by atoms with Gasteiger partial charge in [0.05, 0.1) is 17.6 Å². The lowest BCUT2D eigenvalue weighted by Gasteiger charge is -2.08. The average molecular weight is 282 g/mol. The number of methoxy groups -OCH3 is 1. The number of carbonyl (C=O) groups excluding carboxylic acids is 1. The number of nitro groups is 1. The maximum atomic E-state index is 12.1. The van der Waals surface area contributed by atoms with Gasteiger partial charge in [-0.2, -0.15) is 8.78 Å². The molecule has 0 N–H and O–H groups in total. The van der Waals surface area contributed by atoms with Gasteiger partial charge in [0.15, 0.2) is 10.8 Å². The molecule has 0 unspecified atom stereocenters. The molecule has 98 valence electrons. The Bertz CT molecular complexity index is 494. The normalized spacial score (nSPS) is 10.3. The van der Waals surface area contributed by atoms with Crippen molar-refractivity contribution in [2.24, 2.45) is 0 Å². The second-order valence-electron chi connectivity index (χ2n) is 2.93. The van der Waals surface area contributed by atoms with Crippen molar-refractivity contribution in [2.75, 3.05) is 7.11 Å². The van der Waals surface area contributed by atoms with Crippen molar-refractivity contribution in [1.29, 1.82) is 0 Å². The van der Waals surface area contributed by atoms with E-state index in [0.29, 0.717) is 0 Å². The van der Waals surface area contributed by atoms with Crippen molar-refractivity contribution < 1.29 is 28.0 Å². The first-order chi connectivity index (χ1) is 8.36. The zero-order valence-electron chi connectivity index (χ0n) is 8.85. The molecule has 0 aliphatic carbocycles. The molecule has 1 rings (SSSR count). The smallest absolute Gasteiger partial charge is 0.387 e. The number of hydrogen-bond acceptors (Lipinski definition) is 5. The van der Waals surface area contributed by atoms with Crippen molar-refractivity contribution >= 4 is 23.3 Å². The Morgan fingerprint density at radius 3 is 2.56 bits per heavy atom. The number of nitrogens with zero attached hydrogens (tertiary/aromatic N) is 1. The molecule has 0 aliphatic rings. The number of esters is 1. The second kappa shape index (κ2) is 5.58. The van der Waals surface area contributed by atoms with E-state index >= 15 is 0 Å². The van der Waals surface area contributed by atoms with Crippen LogP contribution in [0.15, 0.2) is 12.1 Å². The van der Waals surface area contributed by atoms with Crippen molar-refractivity contribution in [1.82, 2.24) is 0 Å². The molecular weight excluding hydrogens is 276 g/mol. The lowest BCUT2D eigenvalue weighted by atomic mass is 10.2. The van der Waals surface area contributed by atoms with Gasteiger partial charge >= 0.3 is 12.6 Å². The minimum atomic E-state index is -3.23. The molecule has 6 nitrogen and oxygen atoms in total.